The van der Waals surface area contributed by atoms with Crippen molar-refractivity contribution in [1.29, 1.82) is 0 Å². The van der Waals surface area contributed by atoms with Crippen LogP contribution >= 0.6 is 0 Å². The Labute approximate surface area is 152 Å². The Hall–Kier alpha value is -2.94. The number of hydrogen-bond acceptors (Lipinski definition) is 8. The largest absolute Gasteiger partial charge is 0.393 e. The first-order chi connectivity index (χ1) is 12.6. The van der Waals surface area contributed by atoms with Crippen molar-refractivity contribution in [2.24, 2.45) is 0 Å². The van der Waals surface area contributed by atoms with E-state index in [4.69, 9.17) is 5.73 Å². The number of amides is 1. The fourth-order valence-electron chi connectivity index (χ4n) is 3.01. The van der Waals surface area contributed by atoms with Gasteiger partial charge in [0.25, 0.3) is 5.91 Å². The quantitative estimate of drug-likeness (QED) is 0.673. The van der Waals surface area contributed by atoms with Gasteiger partial charge in [0.2, 0.25) is 0 Å². The predicted molar refractivity (Wildman–Crippen MR) is 101 cm³/mol. The van der Waals surface area contributed by atoms with Crippen molar-refractivity contribution in [3.8, 4) is 0 Å². The highest BCUT2D eigenvalue weighted by molar-refractivity contribution is 5.94. The van der Waals surface area contributed by atoms with Crippen molar-refractivity contribution < 1.29 is 4.79 Å². The Morgan fingerprint density at radius 1 is 1.35 bits per heavy atom. The molecule has 0 aromatic carbocycles. The Morgan fingerprint density at radius 3 is 2.81 bits per heavy atom. The van der Waals surface area contributed by atoms with Gasteiger partial charge in [-0.3, -0.25) is 20.6 Å². The fourth-order valence-corrected chi connectivity index (χ4v) is 3.01. The van der Waals surface area contributed by atoms with Crippen LogP contribution in [0.2, 0.25) is 0 Å². The molecule has 3 heterocycles. The molecule has 2 aromatic rings. The molecule has 1 fully saturated rings. The molecule has 138 valence electrons. The molecule has 1 amide bonds. The number of rotatable bonds is 5. The van der Waals surface area contributed by atoms with E-state index in [1.165, 1.54) is 12.5 Å². The molecule has 9 nitrogen and oxygen atoms in total. The molecule has 4 N–H and O–H groups in total. The van der Waals surface area contributed by atoms with Crippen molar-refractivity contribution in [3.63, 3.8) is 0 Å². The van der Waals surface area contributed by atoms with E-state index in [-0.39, 0.29) is 5.91 Å². The lowest BCUT2D eigenvalue weighted by Crippen LogP contribution is -2.42. The number of carbonyl (C=O) groups is 1. The molecule has 1 aliphatic heterocycles. The third kappa shape index (κ3) is 3.99. The van der Waals surface area contributed by atoms with Gasteiger partial charge in [-0.25, -0.2) is 9.97 Å². The van der Waals surface area contributed by atoms with E-state index in [1.807, 2.05) is 7.05 Å². The molecule has 9 heteroatoms. The monoisotopic (exact) mass is 356 g/mol. The molecule has 3 rings (SSSR count). The lowest BCUT2D eigenvalue weighted by Gasteiger charge is -2.36. The Morgan fingerprint density at radius 2 is 2.12 bits per heavy atom. The zero-order valence-electron chi connectivity index (χ0n) is 15.0. The van der Waals surface area contributed by atoms with Crippen LogP contribution in [0, 0.1) is 0 Å². The molecule has 0 atom stereocenters. The van der Waals surface area contributed by atoms with Gasteiger partial charge in [-0.1, -0.05) is 0 Å². The van der Waals surface area contributed by atoms with E-state index in [0.29, 0.717) is 28.9 Å². The minimum absolute atomic E-state index is 0.318. The summed E-state index contributed by atoms with van der Waals surface area (Å²) >= 11 is 0. The number of pyridine rings is 1. The van der Waals surface area contributed by atoms with Crippen LogP contribution in [0.5, 0.6) is 0 Å². The van der Waals surface area contributed by atoms with Crippen LogP contribution in [0.25, 0.3) is 0 Å². The van der Waals surface area contributed by atoms with Gasteiger partial charge in [-0.05, 0) is 45.1 Å². The van der Waals surface area contributed by atoms with E-state index in [9.17, 15) is 4.79 Å². The molecule has 0 bridgehead atoms. The summed E-state index contributed by atoms with van der Waals surface area (Å²) in [6.45, 7) is 2.10. The van der Waals surface area contributed by atoms with Gasteiger partial charge in [0, 0.05) is 25.5 Å². The lowest BCUT2D eigenvalue weighted by atomic mass is 10.0. The second-order valence-electron chi connectivity index (χ2n) is 6.43. The molecule has 0 saturated carbocycles. The van der Waals surface area contributed by atoms with Crippen molar-refractivity contribution in [1.82, 2.24) is 25.3 Å². The van der Waals surface area contributed by atoms with Crippen LogP contribution < -0.4 is 21.5 Å². The van der Waals surface area contributed by atoms with Gasteiger partial charge < -0.3 is 15.5 Å². The summed E-state index contributed by atoms with van der Waals surface area (Å²) in [6.07, 6.45) is 6.64. The number of nitrogens with two attached hydrogens (primary N) is 1. The standard InChI is InChI=1S/C17H24N8O/c1-24-8-5-13(6-9-24)25(2)16-14(18)15(20-11-21-16)22-23-17(26)12-4-3-7-19-10-12/h3-4,7,10-11,13H,5-6,8-9,18H2,1-2H3,(H,23,26)(H,20,21,22). The van der Waals surface area contributed by atoms with Gasteiger partial charge in [-0.2, -0.15) is 0 Å². The highest BCUT2D eigenvalue weighted by Gasteiger charge is 2.24. The van der Waals surface area contributed by atoms with E-state index < -0.39 is 0 Å². The highest BCUT2D eigenvalue weighted by Crippen LogP contribution is 2.28. The number of likely N-dealkylation sites (tertiary alicyclic amines) is 1. The number of aromatic nitrogens is 3. The first kappa shape index (κ1) is 17.9. The van der Waals surface area contributed by atoms with Crippen LogP contribution in [-0.2, 0) is 0 Å². The smallest absolute Gasteiger partial charge is 0.271 e. The van der Waals surface area contributed by atoms with Crippen molar-refractivity contribution in [2.75, 3.05) is 43.2 Å². The highest BCUT2D eigenvalue weighted by atomic mass is 16.2. The summed E-state index contributed by atoms with van der Waals surface area (Å²) in [5.74, 6) is 0.709. The summed E-state index contributed by atoms with van der Waals surface area (Å²) < 4.78 is 0. The number of hydrogen-bond donors (Lipinski definition) is 3. The Bertz CT molecular complexity index is 746. The zero-order chi connectivity index (χ0) is 18.5. The number of nitrogens with zero attached hydrogens (tertiary/aromatic N) is 5. The van der Waals surface area contributed by atoms with Gasteiger partial charge in [-0.15, -0.1) is 0 Å². The minimum atomic E-state index is -0.318. The minimum Gasteiger partial charge on any atom is -0.393 e. The zero-order valence-corrected chi connectivity index (χ0v) is 15.0. The Balaban J connectivity index is 1.68. The summed E-state index contributed by atoms with van der Waals surface area (Å²) in [6, 6.07) is 3.75. The second kappa shape index (κ2) is 7.96. The van der Waals surface area contributed by atoms with Gasteiger partial charge in [0.1, 0.15) is 12.0 Å². The molecule has 1 saturated heterocycles. The average Bonchev–Trinajstić information content (AvgIpc) is 2.67. The maximum absolute atomic E-state index is 12.1. The van der Waals surface area contributed by atoms with E-state index in [2.05, 4.69) is 42.7 Å². The number of nitrogen functional groups attached to an aromatic ring is 1. The average molecular weight is 356 g/mol. The summed E-state index contributed by atoms with van der Waals surface area (Å²) in [5, 5.41) is 0. The summed E-state index contributed by atoms with van der Waals surface area (Å²) in [7, 11) is 4.12. The van der Waals surface area contributed by atoms with Crippen molar-refractivity contribution >= 4 is 23.2 Å². The molecule has 26 heavy (non-hydrogen) atoms. The molecule has 0 radical (unpaired) electrons. The lowest BCUT2D eigenvalue weighted by molar-refractivity contribution is 0.0962. The second-order valence-corrected chi connectivity index (χ2v) is 6.43. The van der Waals surface area contributed by atoms with Gasteiger partial charge >= 0.3 is 0 Å². The number of piperidine rings is 1. The van der Waals surface area contributed by atoms with E-state index in [1.54, 1.807) is 18.3 Å². The molecule has 0 spiro atoms. The molecular formula is C17H24N8O. The number of nitrogens with one attached hydrogen (secondary N) is 2. The van der Waals surface area contributed by atoms with E-state index >= 15 is 0 Å². The van der Waals surface area contributed by atoms with Crippen LogP contribution in [0.1, 0.15) is 23.2 Å². The first-order valence-electron chi connectivity index (χ1n) is 8.54. The van der Waals surface area contributed by atoms with Crippen LogP contribution in [0.15, 0.2) is 30.9 Å². The summed E-state index contributed by atoms with van der Waals surface area (Å²) in [4.78, 5) is 28.9. The third-order valence-electron chi connectivity index (χ3n) is 4.65. The Kier molecular flexibility index (Phi) is 5.47. The topological polar surface area (TPSA) is 112 Å². The fraction of sp³-hybridized carbons (Fsp3) is 0.412. The van der Waals surface area contributed by atoms with E-state index in [0.717, 1.165) is 25.9 Å². The normalized spacial score (nSPS) is 15.5. The SMILES string of the molecule is CN1CCC(N(C)c2ncnc(NNC(=O)c3cccnc3)c2N)CC1. The molecule has 1 aliphatic rings. The van der Waals surface area contributed by atoms with Crippen LogP contribution in [-0.4, -0.2) is 59.0 Å². The molecule has 0 aliphatic carbocycles. The van der Waals surface area contributed by atoms with Crippen LogP contribution in [0.4, 0.5) is 17.3 Å². The molecule has 2 aromatic heterocycles. The van der Waals surface area contributed by atoms with Crippen LogP contribution in [0.3, 0.4) is 0 Å². The third-order valence-corrected chi connectivity index (χ3v) is 4.65. The van der Waals surface area contributed by atoms with Gasteiger partial charge in [0.15, 0.2) is 11.6 Å². The predicted octanol–water partition coefficient (Wildman–Crippen LogP) is 0.741. The van der Waals surface area contributed by atoms with Gasteiger partial charge in [0.05, 0.1) is 5.56 Å². The van der Waals surface area contributed by atoms with Crippen molar-refractivity contribution in [2.45, 2.75) is 18.9 Å². The first-order valence-corrected chi connectivity index (χ1v) is 8.54. The summed E-state index contributed by atoms with van der Waals surface area (Å²) in [5.41, 5.74) is 12.4. The molecular weight excluding hydrogens is 332 g/mol. The maximum Gasteiger partial charge on any atom is 0.271 e. The maximum atomic E-state index is 12.1. The van der Waals surface area contributed by atoms with Crippen molar-refractivity contribution in [3.05, 3.63) is 36.4 Å². The number of hydrazine groups is 1. The number of anilines is 3. The number of carbonyl (C=O) groups excluding carboxylic acids is 1. The molecule has 0 unspecified atom stereocenters.